The van der Waals surface area contributed by atoms with E-state index >= 15 is 0 Å². The number of aliphatic hydroxyl groups is 1. The van der Waals surface area contributed by atoms with Crippen LogP contribution >= 0.6 is 0 Å². The Labute approximate surface area is 54.8 Å². The van der Waals surface area contributed by atoms with Gasteiger partial charge in [0, 0.05) is 6.04 Å². The molecule has 0 bridgehead atoms. The van der Waals surface area contributed by atoms with Gasteiger partial charge in [0.2, 0.25) is 0 Å². The van der Waals surface area contributed by atoms with Gasteiger partial charge < -0.3 is 15.6 Å². The summed E-state index contributed by atoms with van der Waals surface area (Å²) < 4.78 is 5.25. The molecule has 0 saturated carbocycles. The van der Waals surface area contributed by atoms with Crippen molar-refractivity contribution in [2.75, 3.05) is 6.61 Å². The third kappa shape index (κ3) is 1.41. The van der Waals surface area contributed by atoms with Crippen molar-refractivity contribution in [3.05, 3.63) is 0 Å². The number of rotatable bonds is 1. The van der Waals surface area contributed by atoms with Crippen LogP contribution in [0.2, 0.25) is 0 Å². The van der Waals surface area contributed by atoms with Crippen LogP contribution in [0.15, 0.2) is 0 Å². The monoisotopic (exact) mass is 131 g/mol. The quantitative estimate of drug-likeness (QED) is 0.503. The highest BCUT2D eigenvalue weighted by Gasteiger charge is 2.28. The maximum atomic E-state index is 8.65. The van der Waals surface area contributed by atoms with Crippen molar-refractivity contribution in [1.82, 2.24) is 0 Å². The first-order valence-corrected chi connectivity index (χ1v) is 3.26. The smallest absolute Gasteiger partial charge is 0.0960 e. The molecule has 0 aliphatic carbocycles. The lowest BCUT2D eigenvalue weighted by Crippen LogP contribution is -2.32. The Morgan fingerprint density at radius 3 is 2.67 bits per heavy atom. The molecule has 0 aromatic rings. The Balaban J connectivity index is 2.38. The molecule has 1 aliphatic heterocycles. The molecule has 3 N–H and O–H groups in total. The van der Waals surface area contributed by atoms with Gasteiger partial charge in [-0.3, -0.25) is 0 Å². The Kier molecular flexibility index (Phi) is 2.05. The van der Waals surface area contributed by atoms with E-state index in [4.69, 9.17) is 15.6 Å². The van der Waals surface area contributed by atoms with Crippen molar-refractivity contribution in [2.24, 2.45) is 5.73 Å². The van der Waals surface area contributed by atoms with Gasteiger partial charge in [0.15, 0.2) is 0 Å². The lowest BCUT2D eigenvalue weighted by Gasteiger charge is -2.09. The Morgan fingerprint density at radius 2 is 2.44 bits per heavy atom. The average molecular weight is 131 g/mol. The van der Waals surface area contributed by atoms with Crippen LogP contribution in [0.4, 0.5) is 0 Å². The zero-order chi connectivity index (χ0) is 6.85. The maximum Gasteiger partial charge on any atom is 0.0960 e. The second-order valence-corrected chi connectivity index (χ2v) is 2.57. The molecular formula is C6H13NO2. The molecule has 1 aliphatic rings. The third-order valence-electron chi connectivity index (χ3n) is 1.67. The largest absolute Gasteiger partial charge is 0.394 e. The van der Waals surface area contributed by atoms with Crippen molar-refractivity contribution in [3.63, 3.8) is 0 Å². The predicted octanol–water partition coefficient (Wildman–Crippen LogP) is -0.517. The van der Waals surface area contributed by atoms with Gasteiger partial charge in [-0.25, -0.2) is 0 Å². The summed E-state index contributed by atoms with van der Waals surface area (Å²) in [7, 11) is 0. The lowest BCUT2D eigenvalue weighted by atomic mass is 10.1. The number of ether oxygens (including phenoxy) is 1. The van der Waals surface area contributed by atoms with E-state index in [-0.39, 0.29) is 24.9 Å². The summed E-state index contributed by atoms with van der Waals surface area (Å²) in [6.45, 7) is 2.01. The predicted molar refractivity (Wildman–Crippen MR) is 34.0 cm³/mol. The van der Waals surface area contributed by atoms with E-state index < -0.39 is 0 Å². The van der Waals surface area contributed by atoms with Crippen LogP contribution in [-0.4, -0.2) is 30.0 Å². The zero-order valence-corrected chi connectivity index (χ0v) is 5.58. The molecule has 3 heteroatoms. The second kappa shape index (κ2) is 2.64. The second-order valence-electron chi connectivity index (χ2n) is 2.57. The summed E-state index contributed by atoms with van der Waals surface area (Å²) in [6, 6.07) is 0.0324. The van der Waals surface area contributed by atoms with E-state index in [1.807, 2.05) is 6.92 Å². The molecule has 1 saturated heterocycles. The van der Waals surface area contributed by atoms with Crippen molar-refractivity contribution in [3.8, 4) is 0 Å². The van der Waals surface area contributed by atoms with Gasteiger partial charge in [-0.15, -0.1) is 0 Å². The Hall–Kier alpha value is -0.120. The van der Waals surface area contributed by atoms with E-state index in [1.54, 1.807) is 0 Å². The highest BCUT2D eigenvalue weighted by atomic mass is 16.5. The fraction of sp³-hybridized carbons (Fsp3) is 1.00. The molecule has 0 aromatic carbocycles. The molecule has 3 unspecified atom stereocenters. The summed E-state index contributed by atoms with van der Waals surface area (Å²) in [5, 5.41) is 8.65. The van der Waals surface area contributed by atoms with Crippen LogP contribution in [0.5, 0.6) is 0 Å². The molecule has 0 spiro atoms. The molecule has 0 radical (unpaired) electrons. The van der Waals surface area contributed by atoms with Crippen LogP contribution in [0.25, 0.3) is 0 Å². The van der Waals surface area contributed by atoms with Crippen molar-refractivity contribution in [1.29, 1.82) is 0 Å². The van der Waals surface area contributed by atoms with Crippen LogP contribution in [-0.2, 0) is 4.74 Å². The first-order valence-electron chi connectivity index (χ1n) is 3.26. The van der Waals surface area contributed by atoms with Gasteiger partial charge in [0.05, 0.1) is 18.8 Å². The summed E-state index contributed by atoms with van der Waals surface area (Å²) in [4.78, 5) is 0. The normalized spacial score (nSPS) is 43.7. The topological polar surface area (TPSA) is 55.5 Å². The summed E-state index contributed by atoms with van der Waals surface area (Å²) in [5.41, 5.74) is 5.59. The van der Waals surface area contributed by atoms with Crippen LogP contribution in [0.3, 0.4) is 0 Å². The van der Waals surface area contributed by atoms with Crippen molar-refractivity contribution in [2.45, 2.75) is 31.6 Å². The molecular weight excluding hydrogens is 118 g/mol. The lowest BCUT2D eigenvalue weighted by molar-refractivity contribution is 0.0156. The Morgan fingerprint density at radius 1 is 1.78 bits per heavy atom. The number of hydrogen-bond acceptors (Lipinski definition) is 3. The fourth-order valence-corrected chi connectivity index (χ4v) is 1.17. The van der Waals surface area contributed by atoms with Crippen LogP contribution < -0.4 is 5.73 Å². The molecule has 3 nitrogen and oxygen atoms in total. The Bertz CT molecular complexity index is 97.1. The van der Waals surface area contributed by atoms with Gasteiger partial charge in [0.25, 0.3) is 0 Å². The van der Waals surface area contributed by atoms with Gasteiger partial charge in [-0.1, -0.05) is 0 Å². The highest BCUT2D eigenvalue weighted by Crippen LogP contribution is 2.17. The van der Waals surface area contributed by atoms with Gasteiger partial charge in [-0.05, 0) is 13.3 Å². The molecule has 0 amide bonds. The van der Waals surface area contributed by atoms with E-state index in [0.717, 1.165) is 6.42 Å². The minimum absolute atomic E-state index is 0.0324. The first-order chi connectivity index (χ1) is 4.24. The number of nitrogens with two attached hydrogens (primary N) is 1. The molecule has 54 valence electrons. The SMILES string of the molecule is CC1CC(N)C(CO)O1. The van der Waals surface area contributed by atoms with Crippen molar-refractivity contribution >= 4 is 0 Å². The van der Waals surface area contributed by atoms with Crippen LogP contribution in [0, 0.1) is 0 Å². The van der Waals surface area contributed by atoms with E-state index in [9.17, 15) is 0 Å². The molecule has 1 heterocycles. The van der Waals surface area contributed by atoms with E-state index in [0.29, 0.717) is 0 Å². The minimum Gasteiger partial charge on any atom is -0.394 e. The molecule has 3 atom stereocenters. The van der Waals surface area contributed by atoms with E-state index in [1.165, 1.54) is 0 Å². The standard InChI is InChI=1S/C6H13NO2/c1-4-2-5(7)6(3-8)9-4/h4-6,8H,2-3,7H2,1H3. The van der Waals surface area contributed by atoms with Gasteiger partial charge >= 0.3 is 0 Å². The third-order valence-corrected chi connectivity index (χ3v) is 1.67. The minimum atomic E-state index is -0.125. The van der Waals surface area contributed by atoms with Gasteiger partial charge in [-0.2, -0.15) is 0 Å². The summed E-state index contributed by atoms with van der Waals surface area (Å²) >= 11 is 0. The average Bonchev–Trinajstić information content (AvgIpc) is 2.10. The first kappa shape index (κ1) is 6.99. The molecule has 1 rings (SSSR count). The molecule has 9 heavy (non-hydrogen) atoms. The number of hydrogen-bond donors (Lipinski definition) is 2. The maximum absolute atomic E-state index is 8.65. The van der Waals surface area contributed by atoms with Gasteiger partial charge in [0.1, 0.15) is 0 Å². The summed E-state index contributed by atoms with van der Waals surface area (Å²) in [6.07, 6.45) is 0.961. The van der Waals surface area contributed by atoms with E-state index in [2.05, 4.69) is 0 Å². The highest BCUT2D eigenvalue weighted by molar-refractivity contribution is 4.82. The number of aliphatic hydroxyl groups excluding tert-OH is 1. The zero-order valence-electron chi connectivity index (χ0n) is 5.58. The fourth-order valence-electron chi connectivity index (χ4n) is 1.17. The molecule has 1 fully saturated rings. The van der Waals surface area contributed by atoms with Crippen LogP contribution in [0.1, 0.15) is 13.3 Å². The summed E-state index contributed by atoms with van der Waals surface area (Å²) in [5.74, 6) is 0. The van der Waals surface area contributed by atoms with Crippen molar-refractivity contribution < 1.29 is 9.84 Å². The molecule has 0 aromatic heterocycles.